The number of hydrogen-bond acceptors (Lipinski definition) is 7. The van der Waals surface area contributed by atoms with Crippen LogP contribution in [0.4, 0.5) is 0 Å². The van der Waals surface area contributed by atoms with Crippen molar-refractivity contribution in [3.8, 4) is 11.5 Å². The topological polar surface area (TPSA) is 92.0 Å². The van der Waals surface area contributed by atoms with Crippen LogP contribution in [0.2, 0.25) is 0 Å². The van der Waals surface area contributed by atoms with Crippen molar-refractivity contribution in [1.82, 2.24) is 9.66 Å². The molecule has 33 heavy (non-hydrogen) atoms. The van der Waals surface area contributed by atoms with Crippen molar-refractivity contribution in [2.24, 2.45) is 5.10 Å². The highest BCUT2D eigenvalue weighted by Crippen LogP contribution is 2.28. The fourth-order valence-corrected chi connectivity index (χ4v) is 3.48. The summed E-state index contributed by atoms with van der Waals surface area (Å²) in [5.74, 6) is 0.996. The van der Waals surface area contributed by atoms with E-state index in [4.69, 9.17) is 9.47 Å². The molecule has 1 aromatic heterocycles. The third kappa shape index (κ3) is 6.19. The molecule has 0 atom stereocenters. The molecule has 0 aliphatic carbocycles. The number of rotatable bonds is 10. The Bertz CT molecular complexity index is 1220. The van der Waals surface area contributed by atoms with Gasteiger partial charge in [0.05, 0.1) is 30.8 Å². The Kier molecular flexibility index (Phi) is 8.59. The Morgan fingerprint density at radius 1 is 1.15 bits per heavy atom. The van der Waals surface area contributed by atoms with E-state index in [-0.39, 0.29) is 12.2 Å². The van der Waals surface area contributed by atoms with Gasteiger partial charge in [0, 0.05) is 10.9 Å². The molecule has 8 nitrogen and oxygen atoms in total. The lowest BCUT2D eigenvalue weighted by Crippen LogP contribution is -2.22. The maximum absolute atomic E-state index is 13.2. The molecule has 174 valence electrons. The lowest BCUT2D eigenvalue weighted by atomic mass is 10.2. The van der Waals surface area contributed by atoms with Crippen LogP contribution in [0.1, 0.15) is 38.1 Å². The van der Waals surface area contributed by atoms with Crippen LogP contribution in [0.25, 0.3) is 10.9 Å². The minimum absolute atomic E-state index is 0.224. The number of fused-ring (bicyclic) bond motifs is 1. The van der Waals surface area contributed by atoms with Gasteiger partial charge >= 0.3 is 5.97 Å². The number of esters is 1. The monoisotopic (exact) mass is 515 g/mol. The van der Waals surface area contributed by atoms with Crippen LogP contribution in [-0.4, -0.2) is 42.2 Å². The highest BCUT2D eigenvalue weighted by molar-refractivity contribution is 9.10. The van der Waals surface area contributed by atoms with E-state index in [1.807, 2.05) is 19.1 Å². The number of aryl methyl sites for hydroxylation is 1. The predicted octanol–water partition coefficient (Wildman–Crippen LogP) is 4.33. The van der Waals surface area contributed by atoms with Gasteiger partial charge in [-0.25, -0.2) is 9.78 Å². The molecule has 3 aromatic rings. The Morgan fingerprint density at radius 3 is 2.70 bits per heavy atom. The second-order valence-corrected chi connectivity index (χ2v) is 8.07. The number of nitrogens with zero attached hydrogens (tertiary/aromatic N) is 3. The zero-order valence-corrected chi connectivity index (χ0v) is 20.4. The number of aromatic nitrogens is 2. The Morgan fingerprint density at radius 2 is 1.97 bits per heavy atom. The molecule has 1 heterocycles. The van der Waals surface area contributed by atoms with Crippen molar-refractivity contribution in [3.63, 3.8) is 0 Å². The van der Waals surface area contributed by atoms with Gasteiger partial charge in [0.2, 0.25) is 0 Å². The van der Waals surface area contributed by atoms with Crippen molar-refractivity contribution in [1.29, 1.82) is 0 Å². The number of halogens is 1. The number of benzene rings is 2. The molecule has 0 bridgehead atoms. The van der Waals surface area contributed by atoms with Crippen LogP contribution in [0.3, 0.4) is 0 Å². The van der Waals surface area contributed by atoms with Crippen LogP contribution in [0, 0.1) is 0 Å². The molecule has 0 aliphatic rings. The summed E-state index contributed by atoms with van der Waals surface area (Å²) >= 11 is 3.41. The third-order valence-electron chi connectivity index (χ3n) is 4.79. The first-order chi connectivity index (χ1) is 16.0. The van der Waals surface area contributed by atoms with Gasteiger partial charge in [-0.15, -0.1) is 0 Å². The van der Waals surface area contributed by atoms with Crippen molar-refractivity contribution < 1.29 is 19.0 Å². The van der Waals surface area contributed by atoms with Gasteiger partial charge < -0.3 is 14.2 Å². The van der Waals surface area contributed by atoms with Crippen LogP contribution >= 0.6 is 15.9 Å². The van der Waals surface area contributed by atoms with Gasteiger partial charge in [-0.1, -0.05) is 29.3 Å². The van der Waals surface area contributed by atoms with E-state index in [1.54, 1.807) is 30.5 Å². The fraction of sp³-hybridized carbons (Fsp3) is 0.333. The summed E-state index contributed by atoms with van der Waals surface area (Å²) in [6.45, 7) is 4.13. The molecule has 0 saturated heterocycles. The van der Waals surface area contributed by atoms with Crippen molar-refractivity contribution in [3.05, 3.63) is 62.6 Å². The first kappa shape index (κ1) is 24.4. The van der Waals surface area contributed by atoms with Crippen LogP contribution in [0.15, 0.2) is 50.8 Å². The third-order valence-corrected chi connectivity index (χ3v) is 5.29. The number of hydrogen-bond donors (Lipinski definition) is 0. The minimum Gasteiger partial charge on any atom is -0.490 e. The molecular formula is C24H26BrN3O5. The summed E-state index contributed by atoms with van der Waals surface area (Å²) in [6.07, 6.45) is 4.09. The molecule has 0 saturated carbocycles. The van der Waals surface area contributed by atoms with Crippen molar-refractivity contribution >= 4 is 39.0 Å². The van der Waals surface area contributed by atoms with Gasteiger partial charge in [-0.3, -0.25) is 4.79 Å². The van der Waals surface area contributed by atoms with Crippen molar-refractivity contribution in [2.45, 2.75) is 33.1 Å². The molecule has 0 aliphatic heterocycles. The number of carbonyl (C=O) groups is 1. The summed E-state index contributed by atoms with van der Waals surface area (Å²) in [5, 5.41) is 4.95. The van der Waals surface area contributed by atoms with Gasteiger partial charge in [-0.05, 0) is 55.3 Å². The number of carbonyl (C=O) groups excluding carboxylic acids is 1. The maximum atomic E-state index is 13.2. The molecule has 9 heteroatoms. The van der Waals surface area contributed by atoms with Gasteiger partial charge in [0.25, 0.3) is 5.56 Å². The minimum atomic E-state index is -0.488. The van der Waals surface area contributed by atoms with E-state index in [0.717, 1.165) is 17.3 Å². The molecule has 3 rings (SSSR count). The van der Waals surface area contributed by atoms with Gasteiger partial charge in [0.1, 0.15) is 5.82 Å². The summed E-state index contributed by atoms with van der Waals surface area (Å²) in [7, 11) is 1.30. The predicted molar refractivity (Wildman–Crippen MR) is 130 cm³/mol. The highest BCUT2D eigenvalue weighted by atomic mass is 79.9. The molecule has 0 unspecified atom stereocenters. The zero-order chi connectivity index (χ0) is 23.8. The molecule has 0 spiro atoms. The molecular weight excluding hydrogens is 490 g/mol. The summed E-state index contributed by atoms with van der Waals surface area (Å²) in [6, 6.07) is 10.6. The van der Waals surface area contributed by atoms with E-state index >= 15 is 0 Å². The second kappa shape index (κ2) is 11.6. The van der Waals surface area contributed by atoms with E-state index in [9.17, 15) is 9.59 Å². The zero-order valence-electron chi connectivity index (χ0n) is 18.8. The lowest BCUT2D eigenvalue weighted by molar-refractivity contribution is -0.142. The molecule has 0 fully saturated rings. The molecule has 0 N–H and O–H groups in total. The number of methoxy groups -OCH3 is 1. The quantitative estimate of drug-likeness (QED) is 0.294. The van der Waals surface area contributed by atoms with Gasteiger partial charge in [0.15, 0.2) is 18.1 Å². The lowest BCUT2D eigenvalue weighted by Gasteiger charge is -2.12. The smallest absolute Gasteiger partial charge is 0.343 e. The summed E-state index contributed by atoms with van der Waals surface area (Å²) < 4.78 is 17.9. The molecule has 0 radical (unpaired) electrons. The average molecular weight is 516 g/mol. The average Bonchev–Trinajstić information content (AvgIpc) is 2.82. The Labute approximate surface area is 200 Å². The first-order valence-corrected chi connectivity index (χ1v) is 11.5. The standard InChI is InChI=1S/C24H26BrN3O5/c1-4-6-7-22-27-19-10-9-17(25)13-18(19)24(30)28(22)26-14-16-8-11-20(21(12-16)32-5-2)33-15-23(29)31-3/h8-14H,4-7,15H2,1-3H3. The van der Waals surface area contributed by atoms with Crippen LogP contribution < -0.4 is 15.0 Å². The largest absolute Gasteiger partial charge is 0.490 e. The SMILES string of the molecule is CCCCc1nc2ccc(Br)cc2c(=O)n1N=Cc1ccc(OCC(=O)OC)c(OCC)c1. The summed E-state index contributed by atoms with van der Waals surface area (Å²) in [5.41, 5.74) is 1.12. The number of unbranched alkanes of at least 4 members (excludes halogenated alkanes) is 1. The van der Waals surface area contributed by atoms with Crippen molar-refractivity contribution in [2.75, 3.05) is 20.3 Å². The van der Waals surface area contributed by atoms with Gasteiger partial charge in [-0.2, -0.15) is 9.78 Å². The Balaban J connectivity index is 1.98. The maximum Gasteiger partial charge on any atom is 0.343 e. The first-order valence-electron chi connectivity index (χ1n) is 10.7. The van der Waals surface area contributed by atoms with E-state index in [0.29, 0.717) is 46.8 Å². The van der Waals surface area contributed by atoms with E-state index in [2.05, 4.69) is 37.7 Å². The molecule has 0 amide bonds. The Hall–Kier alpha value is -3.20. The normalized spacial score (nSPS) is 11.2. The van der Waals surface area contributed by atoms with E-state index < -0.39 is 5.97 Å². The van der Waals surface area contributed by atoms with E-state index in [1.165, 1.54) is 11.8 Å². The fourth-order valence-electron chi connectivity index (χ4n) is 3.12. The van der Waals surface area contributed by atoms with Crippen LogP contribution in [0.5, 0.6) is 11.5 Å². The van der Waals surface area contributed by atoms with Crippen LogP contribution in [-0.2, 0) is 16.0 Å². The number of ether oxygens (including phenoxy) is 3. The molecule has 2 aromatic carbocycles. The summed E-state index contributed by atoms with van der Waals surface area (Å²) in [4.78, 5) is 29.2. The second-order valence-electron chi connectivity index (χ2n) is 7.16. The highest BCUT2D eigenvalue weighted by Gasteiger charge is 2.12.